The number of aliphatic carboxylic acids is 1. The molecule has 0 rings (SSSR count). The first-order valence-electron chi connectivity index (χ1n) is 11.7. The number of rotatable bonds is 20. The van der Waals surface area contributed by atoms with Crippen molar-refractivity contribution in [3.8, 4) is 0 Å². The van der Waals surface area contributed by atoms with Gasteiger partial charge in [-0.1, -0.05) is 97.3 Å². The van der Waals surface area contributed by atoms with Crippen molar-refractivity contribution in [1.29, 1.82) is 0 Å². The molecule has 0 aromatic carbocycles. The van der Waals surface area contributed by atoms with E-state index in [4.69, 9.17) is 9.84 Å². The van der Waals surface area contributed by atoms with Crippen LogP contribution in [0, 0.1) is 0 Å². The maximum atomic E-state index is 11.8. The van der Waals surface area contributed by atoms with Gasteiger partial charge < -0.3 is 9.84 Å². The number of hydrogen-bond acceptors (Lipinski definition) is 3. The SMILES string of the molecule is CCCCCCCCCCC(CCCCCCCCC)OC(=O)C=CC(=O)O. The van der Waals surface area contributed by atoms with Crippen molar-refractivity contribution in [1.82, 2.24) is 0 Å². The number of carbonyl (C=O) groups excluding carboxylic acids is 1. The van der Waals surface area contributed by atoms with Crippen LogP contribution < -0.4 is 0 Å². The third-order valence-electron chi connectivity index (χ3n) is 5.15. The highest BCUT2D eigenvalue weighted by Gasteiger charge is 2.13. The third kappa shape index (κ3) is 19.4. The van der Waals surface area contributed by atoms with E-state index in [1.165, 1.54) is 83.5 Å². The Morgan fingerprint density at radius 1 is 0.679 bits per heavy atom. The van der Waals surface area contributed by atoms with E-state index in [2.05, 4.69) is 13.8 Å². The Kier molecular flexibility index (Phi) is 19.5. The monoisotopic (exact) mass is 396 g/mol. The molecule has 0 aliphatic rings. The van der Waals surface area contributed by atoms with E-state index in [1.54, 1.807) is 0 Å². The zero-order chi connectivity index (χ0) is 20.9. The van der Waals surface area contributed by atoms with Gasteiger partial charge in [-0.3, -0.25) is 0 Å². The van der Waals surface area contributed by atoms with Gasteiger partial charge in [-0.15, -0.1) is 0 Å². The molecule has 0 saturated carbocycles. The van der Waals surface area contributed by atoms with E-state index in [-0.39, 0.29) is 6.10 Å². The van der Waals surface area contributed by atoms with E-state index < -0.39 is 11.9 Å². The Morgan fingerprint density at radius 3 is 1.46 bits per heavy atom. The van der Waals surface area contributed by atoms with E-state index >= 15 is 0 Å². The largest absolute Gasteiger partial charge is 0.478 e. The standard InChI is InChI=1S/C24H44O4/c1-3-5-7-9-11-13-15-17-19-22(28-24(27)21-20-23(25)26)18-16-14-12-10-8-6-4-2/h20-22H,3-19H2,1-2H3,(H,25,26). The topological polar surface area (TPSA) is 63.6 Å². The van der Waals surface area contributed by atoms with E-state index in [0.29, 0.717) is 0 Å². The minimum atomic E-state index is -1.12. The molecule has 1 unspecified atom stereocenters. The predicted octanol–water partition coefficient (Wildman–Crippen LogP) is 7.21. The average molecular weight is 397 g/mol. The molecule has 0 aliphatic carbocycles. The van der Waals surface area contributed by atoms with Crippen molar-refractivity contribution in [3.63, 3.8) is 0 Å². The van der Waals surface area contributed by atoms with Gasteiger partial charge in [0.05, 0.1) is 0 Å². The van der Waals surface area contributed by atoms with Gasteiger partial charge in [0.1, 0.15) is 6.10 Å². The summed E-state index contributed by atoms with van der Waals surface area (Å²) in [5.41, 5.74) is 0. The molecule has 0 aromatic rings. The minimum Gasteiger partial charge on any atom is -0.478 e. The molecule has 0 aliphatic heterocycles. The molecule has 0 amide bonds. The van der Waals surface area contributed by atoms with Gasteiger partial charge in [0, 0.05) is 12.2 Å². The molecule has 0 bridgehead atoms. The van der Waals surface area contributed by atoms with Crippen molar-refractivity contribution in [3.05, 3.63) is 12.2 Å². The maximum absolute atomic E-state index is 11.8. The fraction of sp³-hybridized carbons (Fsp3) is 0.833. The summed E-state index contributed by atoms with van der Waals surface area (Å²) < 4.78 is 5.52. The Hall–Kier alpha value is -1.32. The second-order valence-electron chi connectivity index (χ2n) is 7.90. The molecule has 0 fully saturated rings. The minimum absolute atomic E-state index is 0.0818. The van der Waals surface area contributed by atoms with Crippen LogP contribution in [0.15, 0.2) is 12.2 Å². The van der Waals surface area contributed by atoms with E-state index in [9.17, 15) is 9.59 Å². The molecular weight excluding hydrogens is 352 g/mol. The van der Waals surface area contributed by atoms with Crippen LogP contribution >= 0.6 is 0 Å². The highest BCUT2D eigenvalue weighted by atomic mass is 16.5. The lowest BCUT2D eigenvalue weighted by Crippen LogP contribution is -2.17. The number of ether oxygens (including phenoxy) is 1. The summed E-state index contributed by atoms with van der Waals surface area (Å²) in [5.74, 6) is -1.65. The molecule has 0 aromatic heterocycles. The van der Waals surface area contributed by atoms with Crippen LogP contribution in [0.3, 0.4) is 0 Å². The van der Waals surface area contributed by atoms with Crippen molar-refractivity contribution >= 4 is 11.9 Å². The van der Waals surface area contributed by atoms with Crippen LogP contribution in [-0.4, -0.2) is 23.1 Å². The van der Waals surface area contributed by atoms with Gasteiger partial charge in [0.15, 0.2) is 0 Å². The predicted molar refractivity (Wildman–Crippen MR) is 116 cm³/mol. The fourth-order valence-electron chi connectivity index (χ4n) is 3.44. The molecule has 1 N–H and O–H groups in total. The van der Waals surface area contributed by atoms with E-state index in [1.807, 2.05) is 0 Å². The molecule has 1 atom stereocenters. The van der Waals surface area contributed by atoms with Crippen LogP contribution in [0.4, 0.5) is 0 Å². The van der Waals surface area contributed by atoms with Gasteiger partial charge in [0.25, 0.3) is 0 Å². The summed E-state index contributed by atoms with van der Waals surface area (Å²) >= 11 is 0. The van der Waals surface area contributed by atoms with E-state index in [0.717, 1.165) is 37.8 Å². The molecule has 0 saturated heterocycles. The van der Waals surface area contributed by atoms with Gasteiger partial charge in [-0.05, 0) is 25.7 Å². The third-order valence-corrected chi connectivity index (χ3v) is 5.15. The number of carbonyl (C=O) groups is 2. The smallest absolute Gasteiger partial charge is 0.331 e. The molecule has 0 radical (unpaired) electrons. The lowest BCUT2D eigenvalue weighted by atomic mass is 10.0. The average Bonchev–Trinajstić information content (AvgIpc) is 2.67. The number of carboxylic acid groups (broad SMARTS) is 1. The quantitative estimate of drug-likeness (QED) is 0.134. The summed E-state index contributed by atoms with van der Waals surface area (Å²) in [4.78, 5) is 22.4. The first-order valence-corrected chi connectivity index (χ1v) is 11.7. The highest BCUT2D eigenvalue weighted by Crippen LogP contribution is 2.17. The normalized spacial score (nSPS) is 12.4. The van der Waals surface area contributed by atoms with Crippen molar-refractivity contribution in [2.45, 2.75) is 129 Å². The van der Waals surface area contributed by atoms with Crippen LogP contribution in [-0.2, 0) is 14.3 Å². The van der Waals surface area contributed by atoms with Crippen LogP contribution in [0.5, 0.6) is 0 Å². The lowest BCUT2D eigenvalue weighted by Gasteiger charge is -2.17. The van der Waals surface area contributed by atoms with Crippen molar-refractivity contribution in [2.24, 2.45) is 0 Å². The number of carboxylic acids is 1. The molecule has 164 valence electrons. The van der Waals surface area contributed by atoms with Crippen LogP contribution in [0.2, 0.25) is 0 Å². The summed E-state index contributed by atoms with van der Waals surface area (Å²) in [6.45, 7) is 4.46. The first kappa shape index (κ1) is 26.7. The molecule has 28 heavy (non-hydrogen) atoms. The summed E-state index contributed by atoms with van der Waals surface area (Å²) in [5, 5.41) is 8.64. The zero-order valence-electron chi connectivity index (χ0n) is 18.4. The first-order chi connectivity index (χ1) is 13.6. The summed E-state index contributed by atoms with van der Waals surface area (Å²) in [6.07, 6.45) is 22.3. The number of esters is 1. The number of hydrogen-bond donors (Lipinski definition) is 1. The Morgan fingerprint density at radius 2 is 1.07 bits per heavy atom. The van der Waals surface area contributed by atoms with Gasteiger partial charge in [-0.2, -0.15) is 0 Å². The second-order valence-corrected chi connectivity index (χ2v) is 7.90. The van der Waals surface area contributed by atoms with Crippen molar-refractivity contribution in [2.75, 3.05) is 0 Å². The molecule has 0 spiro atoms. The Labute approximate surface area is 173 Å². The Bertz CT molecular complexity index is 403. The summed E-state index contributed by atoms with van der Waals surface area (Å²) in [6, 6.07) is 0. The second kappa shape index (κ2) is 20.4. The molecule has 4 nitrogen and oxygen atoms in total. The van der Waals surface area contributed by atoms with Gasteiger partial charge in [0.2, 0.25) is 0 Å². The lowest BCUT2D eigenvalue weighted by molar-refractivity contribution is -0.144. The Balaban J connectivity index is 4.07. The zero-order valence-corrected chi connectivity index (χ0v) is 18.4. The van der Waals surface area contributed by atoms with Crippen LogP contribution in [0.25, 0.3) is 0 Å². The van der Waals surface area contributed by atoms with Crippen molar-refractivity contribution < 1.29 is 19.4 Å². The fourth-order valence-corrected chi connectivity index (χ4v) is 3.44. The summed E-state index contributed by atoms with van der Waals surface area (Å²) in [7, 11) is 0. The molecule has 4 heteroatoms. The molecule has 0 heterocycles. The van der Waals surface area contributed by atoms with Crippen LogP contribution in [0.1, 0.15) is 123 Å². The van der Waals surface area contributed by atoms with Gasteiger partial charge >= 0.3 is 11.9 Å². The molecular formula is C24H44O4. The maximum Gasteiger partial charge on any atom is 0.331 e. The highest BCUT2D eigenvalue weighted by molar-refractivity contribution is 5.90. The van der Waals surface area contributed by atoms with Gasteiger partial charge in [-0.25, -0.2) is 9.59 Å². The number of unbranched alkanes of at least 4 members (excludes halogenated alkanes) is 13.